The van der Waals surface area contributed by atoms with E-state index in [1.807, 2.05) is 25.1 Å². The molecule has 0 saturated carbocycles. The Hall–Kier alpha value is -2.16. The number of ether oxygens (including phenoxy) is 1. The highest BCUT2D eigenvalue weighted by Crippen LogP contribution is 2.41. The fourth-order valence-electron chi connectivity index (χ4n) is 2.38. The zero-order valence-corrected chi connectivity index (χ0v) is 10.1. The molecule has 1 heterocycles. The molecule has 0 saturated heterocycles. The zero-order chi connectivity index (χ0) is 12.7. The van der Waals surface area contributed by atoms with Crippen molar-refractivity contribution in [2.24, 2.45) is 0 Å². The number of phenolic OH excluding ortho intramolecular Hbond substituents is 2. The van der Waals surface area contributed by atoms with Crippen molar-refractivity contribution in [2.45, 2.75) is 19.8 Å². The Balaban J connectivity index is 2.17. The fraction of sp³-hybridized carbons (Fsp3) is 0.200. The number of rotatable bonds is 0. The van der Waals surface area contributed by atoms with Gasteiger partial charge in [-0.2, -0.15) is 0 Å². The first-order valence-electron chi connectivity index (χ1n) is 5.96. The molecule has 1 aliphatic rings. The zero-order valence-electron chi connectivity index (χ0n) is 10.1. The van der Waals surface area contributed by atoms with Crippen molar-refractivity contribution in [1.29, 1.82) is 0 Å². The Labute approximate surface area is 105 Å². The number of fused-ring (bicyclic) bond motifs is 2. The van der Waals surface area contributed by atoms with Crippen molar-refractivity contribution in [1.82, 2.24) is 0 Å². The van der Waals surface area contributed by atoms with Gasteiger partial charge in [-0.15, -0.1) is 0 Å². The van der Waals surface area contributed by atoms with Gasteiger partial charge in [0.15, 0.2) is 0 Å². The Morgan fingerprint density at radius 3 is 2.78 bits per heavy atom. The molecular formula is C15H14O3. The van der Waals surface area contributed by atoms with Crippen LogP contribution in [-0.2, 0) is 12.8 Å². The number of para-hydroxylation sites is 1. The molecule has 0 bridgehead atoms. The summed E-state index contributed by atoms with van der Waals surface area (Å²) >= 11 is 0. The van der Waals surface area contributed by atoms with Crippen LogP contribution < -0.4 is 4.74 Å². The number of aryl methyl sites for hydroxylation is 2. The smallest absolute Gasteiger partial charge is 0.138 e. The molecule has 0 aliphatic carbocycles. The number of hydrogen-bond acceptors (Lipinski definition) is 3. The third kappa shape index (κ3) is 1.68. The molecule has 0 fully saturated rings. The standard InChI is InChI=1S/C15H14O3/c1-9-3-2-4-10-5-6-12-13(17)7-11(16)8-14(12)18-15(9)10/h2-4,7-8,16-17H,5-6H2,1H3. The first-order chi connectivity index (χ1) is 8.65. The molecule has 2 aromatic carbocycles. The Morgan fingerprint density at radius 1 is 1.11 bits per heavy atom. The summed E-state index contributed by atoms with van der Waals surface area (Å²) < 4.78 is 5.87. The minimum absolute atomic E-state index is 0.0169. The van der Waals surface area contributed by atoms with Gasteiger partial charge < -0.3 is 14.9 Å². The van der Waals surface area contributed by atoms with Gasteiger partial charge in [0, 0.05) is 17.7 Å². The molecule has 1 aliphatic heterocycles. The van der Waals surface area contributed by atoms with Crippen LogP contribution in [0.4, 0.5) is 0 Å². The van der Waals surface area contributed by atoms with E-state index in [4.69, 9.17) is 4.74 Å². The summed E-state index contributed by atoms with van der Waals surface area (Å²) in [6.45, 7) is 1.99. The first kappa shape index (κ1) is 11.0. The van der Waals surface area contributed by atoms with Gasteiger partial charge in [0.2, 0.25) is 0 Å². The Bertz CT molecular complexity index is 617. The third-order valence-electron chi connectivity index (χ3n) is 3.32. The van der Waals surface area contributed by atoms with Crippen LogP contribution in [0, 0.1) is 6.92 Å². The van der Waals surface area contributed by atoms with Gasteiger partial charge in [-0.05, 0) is 30.9 Å². The molecule has 0 unspecified atom stereocenters. The van der Waals surface area contributed by atoms with Crippen LogP contribution in [0.1, 0.15) is 16.7 Å². The summed E-state index contributed by atoms with van der Waals surface area (Å²) in [4.78, 5) is 0. The predicted molar refractivity (Wildman–Crippen MR) is 68.4 cm³/mol. The van der Waals surface area contributed by atoms with Crippen molar-refractivity contribution in [2.75, 3.05) is 0 Å². The molecular weight excluding hydrogens is 228 g/mol. The molecule has 2 N–H and O–H groups in total. The summed E-state index contributed by atoms with van der Waals surface area (Å²) in [5.41, 5.74) is 2.94. The summed E-state index contributed by atoms with van der Waals surface area (Å²) in [7, 11) is 0. The highest BCUT2D eigenvalue weighted by molar-refractivity contribution is 5.55. The molecule has 3 rings (SSSR count). The topological polar surface area (TPSA) is 49.7 Å². The third-order valence-corrected chi connectivity index (χ3v) is 3.32. The Morgan fingerprint density at radius 2 is 1.94 bits per heavy atom. The molecule has 3 nitrogen and oxygen atoms in total. The summed E-state index contributed by atoms with van der Waals surface area (Å²) in [5, 5.41) is 19.4. The van der Waals surface area contributed by atoms with Crippen LogP contribution in [-0.4, -0.2) is 10.2 Å². The van der Waals surface area contributed by atoms with E-state index >= 15 is 0 Å². The SMILES string of the molecule is Cc1cccc2c1Oc1cc(O)cc(O)c1CC2. The van der Waals surface area contributed by atoms with E-state index in [1.165, 1.54) is 6.07 Å². The summed E-state index contributed by atoms with van der Waals surface area (Å²) in [6.07, 6.45) is 1.53. The molecule has 0 amide bonds. The van der Waals surface area contributed by atoms with Crippen LogP contribution in [0.5, 0.6) is 23.0 Å². The van der Waals surface area contributed by atoms with Crippen molar-refractivity contribution >= 4 is 0 Å². The largest absolute Gasteiger partial charge is 0.508 e. The lowest BCUT2D eigenvalue weighted by atomic mass is 10.0. The molecule has 3 heteroatoms. The maximum Gasteiger partial charge on any atom is 0.138 e. The lowest BCUT2D eigenvalue weighted by molar-refractivity contribution is 0.426. The maximum absolute atomic E-state index is 9.87. The maximum atomic E-state index is 9.87. The molecule has 0 atom stereocenters. The fourth-order valence-corrected chi connectivity index (χ4v) is 2.38. The lowest BCUT2D eigenvalue weighted by Gasteiger charge is -2.12. The second-order valence-corrected chi connectivity index (χ2v) is 4.61. The van der Waals surface area contributed by atoms with E-state index in [-0.39, 0.29) is 11.5 Å². The van der Waals surface area contributed by atoms with Crippen LogP contribution >= 0.6 is 0 Å². The van der Waals surface area contributed by atoms with Crippen molar-refractivity contribution in [3.8, 4) is 23.0 Å². The number of aromatic hydroxyl groups is 2. The number of benzene rings is 2. The number of hydrogen-bond donors (Lipinski definition) is 2. The quantitative estimate of drug-likeness (QED) is 0.745. The van der Waals surface area contributed by atoms with Crippen LogP contribution in [0.15, 0.2) is 30.3 Å². The first-order valence-corrected chi connectivity index (χ1v) is 5.96. The molecule has 0 aromatic heterocycles. The van der Waals surface area contributed by atoms with Crippen LogP contribution in [0.3, 0.4) is 0 Å². The summed E-state index contributed by atoms with van der Waals surface area (Å²) in [6, 6.07) is 8.93. The number of phenols is 2. The monoisotopic (exact) mass is 242 g/mol. The van der Waals surface area contributed by atoms with Gasteiger partial charge in [0.05, 0.1) is 0 Å². The predicted octanol–water partition coefficient (Wildman–Crippen LogP) is 3.30. The van der Waals surface area contributed by atoms with E-state index in [9.17, 15) is 10.2 Å². The van der Waals surface area contributed by atoms with Crippen LogP contribution in [0.2, 0.25) is 0 Å². The van der Waals surface area contributed by atoms with Gasteiger partial charge in [-0.3, -0.25) is 0 Å². The van der Waals surface area contributed by atoms with E-state index in [1.54, 1.807) is 6.07 Å². The second kappa shape index (κ2) is 3.95. The molecule has 0 radical (unpaired) electrons. The summed E-state index contributed by atoms with van der Waals surface area (Å²) in [5.74, 6) is 1.49. The molecule has 92 valence electrons. The minimum atomic E-state index is 0.0169. The average Bonchev–Trinajstić information content (AvgIpc) is 2.49. The van der Waals surface area contributed by atoms with Gasteiger partial charge in [0.25, 0.3) is 0 Å². The molecule has 2 aromatic rings. The van der Waals surface area contributed by atoms with Crippen molar-refractivity contribution in [3.05, 3.63) is 47.0 Å². The van der Waals surface area contributed by atoms with E-state index in [0.29, 0.717) is 12.2 Å². The highest BCUT2D eigenvalue weighted by Gasteiger charge is 2.19. The Kier molecular flexibility index (Phi) is 2.40. The van der Waals surface area contributed by atoms with Gasteiger partial charge in [0.1, 0.15) is 23.0 Å². The lowest BCUT2D eigenvalue weighted by Crippen LogP contribution is -1.91. The molecule has 18 heavy (non-hydrogen) atoms. The average molecular weight is 242 g/mol. The van der Waals surface area contributed by atoms with Gasteiger partial charge in [-0.1, -0.05) is 18.2 Å². The van der Waals surface area contributed by atoms with Crippen molar-refractivity contribution in [3.63, 3.8) is 0 Å². The van der Waals surface area contributed by atoms with Crippen molar-refractivity contribution < 1.29 is 14.9 Å². The van der Waals surface area contributed by atoms with Gasteiger partial charge in [-0.25, -0.2) is 0 Å². The minimum Gasteiger partial charge on any atom is -0.508 e. The second-order valence-electron chi connectivity index (χ2n) is 4.61. The van der Waals surface area contributed by atoms with Gasteiger partial charge >= 0.3 is 0 Å². The normalized spacial score (nSPS) is 13.2. The molecule has 0 spiro atoms. The van der Waals surface area contributed by atoms with E-state index in [2.05, 4.69) is 0 Å². The van der Waals surface area contributed by atoms with E-state index in [0.717, 1.165) is 28.9 Å². The van der Waals surface area contributed by atoms with Crippen LogP contribution in [0.25, 0.3) is 0 Å². The highest BCUT2D eigenvalue weighted by atomic mass is 16.5. The van der Waals surface area contributed by atoms with E-state index < -0.39 is 0 Å².